The van der Waals surface area contributed by atoms with Crippen LogP contribution in [0.15, 0.2) is 0 Å². The fourth-order valence-corrected chi connectivity index (χ4v) is 2.70. The van der Waals surface area contributed by atoms with E-state index in [0.29, 0.717) is 6.42 Å². The van der Waals surface area contributed by atoms with Crippen LogP contribution >= 0.6 is 12.6 Å². The number of rotatable bonds is 14. The average Bonchev–Trinajstić information content (AvgIpc) is 2.70. The van der Waals surface area contributed by atoms with Crippen LogP contribution in [0.2, 0.25) is 0 Å². The van der Waals surface area contributed by atoms with Crippen LogP contribution in [-0.2, 0) is 24.0 Å². The molecular formula is C18H33N5O7S. The van der Waals surface area contributed by atoms with Crippen molar-refractivity contribution in [1.29, 1.82) is 0 Å². The second kappa shape index (κ2) is 13.8. The number of thiol groups is 1. The molecule has 0 heterocycles. The highest BCUT2D eigenvalue weighted by atomic mass is 32.1. The summed E-state index contributed by atoms with van der Waals surface area (Å²) >= 11 is 4.02. The molecule has 0 saturated carbocycles. The van der Waals surface area contributed by atoms with E-state index < -0.39 is 59.9 Å². The zero-order chi connectivity index (χ0) is 24.3. The minimum Gasteiger partial charge on any atom is -0.480 e. The number of carboxylic acids is 1. The standard InChI is InChI=1S/C18H33N5O7S/c1-4-8(2)14(18(29)30)23-16(27)11(7-31)22-15(26)10(5-6-12(19)25)21-17(28)13(20)9(3)24/h8-11,13-14,24,31H,4-7,20H2,1-3H3,(H2,19,25)(H,21,28)(H,22,26)(H,23,27)(H,29,30). The summed E-state index contributed by atoms with van der Waals surface area (Å²) in [6.07, 6.45) is -1.11. The van der Waals surface area contributed by atoms with Gasteiger partial charge < -0.3 is 37.6 Å². The summed E-state index contributed by atoms with van der Waals surface area (Å²) in [5.41, 5.74) is 10.6. The molecule has 178 valence electrons. The van der Waals surface area contributed by atoms with Crippen LogP contribution in [0.3, 0.4) is 0 Å². The second-order valence-electron chi connectivity index (χ2n) is 7.29. The molecule has 4 amide bonds. The molecule has 0 aromatic carbocycles. The zero-order valence-electron chi connectivity index (χ0n) is 17.8. The predicted octanol–water partition coefficient (Wildman–Crippen LogP) is -2.53. The maximum atomic E-state index is 12.7. The minimum atomic E-state index is -1.32. The van der Waals surface area contributed by atoms with Crippen molar-refractivity contribution in [3.63, 3.8) is 0 Å². The number of nitrogens with one attached hydrogen (secondary N) is 3. The number of nitrogens with two attached hydrogens (primary N) is 2. The van der Waals surface area contributed by atoms with Gasteiger partial charge in [0.05, 0.1) is 6.10 Å². The summed E-state index contributed by atoms with van der Waals surface area (Å²) in [5.74, 6) is -4.88. The van der Waals surface area contributed by atoms with E-state index in [2.05, 4.69) is 28.6 Å². The number of carboxylic acid groups (broad SMARTS) is 1. The number of carbonyl (C=O) groups is 5. The Bertz CT molecular complexity index is 661. The molecule has 0 aromatic heterocycles. The monoisotopic (exact) mass is 463 g/mol. The highest BCUT2D eigenvalue weighted by Crippen LogP contribution is 2.09. The number of hydrogen-bond donors (Lipinski definition) is 8. The quantitative estimate of drug-likeness (QED) is 0.128. The maximum Gasteiger partial charge on any atom is 0.326 e. The van der Waals surface area contributed by atoms with Crippen molar-refractivity contribution in [3.05, 3.63) is 0 Å². The molecule has 0 saturated heterocycles. The molecule has 0 bridgehead atoms. The van der Waals surface area contributed by atoms with Gasteiger partial charge in [-0.15, -0.1) is 0 Å². The number of carbonyl (C=O) groups excluding carboxylic acids is 4. The Morgan fingerprint density at radius 1 is 0.968 bits per heavy atom. The van der Waals surface area contributed by atoms with Crippen molar-refractivity contribution in [2.24, 2.45) is 17.4 Å². The summed E-state index contributed by atoms with van der Waals surface area (Å²) < 4.78 is 0. The second-order valence-corrected chi connectivity index (χ2v) is 7.65. The van der Waals surface area contributed by atoms with Crippen LogP contribution in [-0.4, -0.2) is 75.8 Å². The number of amides is 4. The molecule has 0 aliphatic rings. The molecule has 0 spiro atoms. The van der Waals surface area contributed by atoms with Crippen LogP contribution in [0.5, 0.6) is 0 Å². The summed E-state index contributed by atoms with van der Waals surface area (Å²) in [7, 11) is 0. The van der Waals surface area contributed by atoms with Crippen LogP contribution in [0.4, 0.5) is 0 Å². The van der Waals surface area contributed by atoms with Gasteiger partial charge in [-0.2, -0.15) is 12.6 Å². The molecule has 0 aliphatic heterocycles. The number of aliphatic hydroxyl groups excluding tert-OH is 1. The third kappa shape index (κ3) is 9.98. The van der Waals surface area contributed by atoms with E-state index in [1.54, 1.807) is 13.8 Å². The number of hydrogen-bond acceptors (Lipinski definition) is 8. The van der Waals surface area contributed by atoms with Gasteiger partial charge in [-0.05, 0) is 19.3 Å². The van der Waals surface area contributed by atoms with Gasteiger partial charge in [-0.1, -0.05) is 20.3 Å². The Hall–Kier alpha value is -2.38. The van der Waals surface area contributed by atoms with Gasteiger partial charge in [-0.3, -0.25) is 19.2 Å². The maximum absolute atomic E-state index is 12.7. The van der Waals surface area contributed by atoms with Gasteiger partial charge >= 0.3 is 5.97 Å². The highest BCUT2D eigenvalue weighted by molar-refractivity contribution is 7.80. The molecular weight excluding hydrogens is 430 g/mol. The lowest BCUT2D eigenvalue weighted by Crippen LogP contribution is -2.59. The van der Waals surface area contributed by atoms with Crippen molar-refractivity contribution >= 4 is 42.2 Å². The third-order valence-electron chi connectivity index (χ3n) is 4.73. The molecule has 6 unspecified atom stereocenters. The van der Waals surface area contributed by atoms with Gasteiger partial charge in [0.15, 0.2) is 0 Å². The number of aliphatic carboxylic acids is 1. The third-order valence-corrected chi connectivity index (χ3v) is 5.09. The first-order valence-corrected chi connectivity index (χ1v) is 10.5. The van der Waals surface area contributed by atoms with E-state index in [0.717, 1.165) is 0 Å². The summed E-state index contributed by atoms with van der Waals surface area (Å²) in [6.45, 7) is 4.73. The molecule has 0 fully saturated rings. The summed E-state index contributed by atoms with van der Waals surface area (Å²) in [6, 6.07) is -4.96. The molecule has 9 N–H and O–H groups in total. The summed E-state index contributed by atoms with van der Waals surface area (Å²) in [4.78, 5) is 59.8. The fourth-order valence-electron chi connectivity index (χ4n) is 2.45. The lowest BCUT2D eigenvalue weighted by Gasteiger charge is -2.26. The van der Waals surface area contributed by atoms with Gasteiger partial charge in [0.25, 0.3) is 0 Å². The Kier molecular flexibility index (Phi) is 12.8. The lowest BCUT2D eigenvalue weighted by atomic mass is 9.99. The smallest absolute Gasteiger partial charge is 0.326 e. The van der Waals surface area contributed by atoms with E-state index in [1.165, 1.54) is 6.92 Å². The molecule has 0 aliphatic carbocycles. The Morgan fingerprint density at radius 3 is 1.90 bits per heavy atom. The van der Waals surface area contributed by atoms with E-state index in [1.807, 2.05) is 0 Å². The molecule has 12 nitrogen and oxygen atoms in total. The molecule has 0 aromatic rings. The Balaban J connectivity index is 5.35. The van der Waals surface area contributed by atoms with Gasteiger partial charge in [0.1, 0.15) is 24.2 Å². The minimum absolute atomic E-state index is 0.159. The topological polar surface area (TPSA) is 214 Å². The Labute approximate surface area is 186 Å². The molecule has 0 rings (SSSR count). The zero-order valence-corrected chi connectivity index (χ0v) is 18.7. The predicted molar refractivity (Wildman–Crippen MR) is 115 cm³/mol. The van der Waals surface area contributed by atoms with Crippen molar-refractivity contribution in [2.75, 3.05) is 5.75 Å². The van der Waals surface area contributed by atoms with E-state index >= 15 is 0 Å². The van der Waals surface area contributed by atoms with Gasteiger partial charge in [0.2, 0.25) is 23.6 Å². The Morgan fingerprint density at radius 2 is 1.48 bits per heavy atom. The van der Waals surface area contributed by atoms with E-state index in [9.17, 15) is 34.2 Å². The van der Waals surface area contributed by atoms with Gasteiger partial charge in [0, 0.05) is 12.2 Å². The highest BCUT2D eigenvalue weighted by Gasteiger charge is 2.31. The first-order chi connectivity index (χ1) is 14.3. The van der Waals surface area contributed by atoms with Crippen LogP contribution in [0, 0.1) is 5.92 Å². The summed E-state index contributed by atoms with van der Waals surface area (Å²) in [5, 5.41) is 25.8. The first kappa shape index (κ1) is 28.6. The molecule has 13 heteroatoms. The average molecular weight is 464 g/mol. The van der Waals surface area contributed by atoms with Crippen LogP contribution < -0.4 is 27.4 Å². The van der Waals surface area contributed by atoms with Crippen molar-refractivity contribution in [3.8, 4) is 0 Å². The number of primary amides is 1. The fraction of sp³-hybridized carbons (Fsp3) is 0.722. The van der Waals surface area contributed by atoms with Gasteiger partial charge in [-0.25, -0.2) is 4.79 Å². The number of aliphatic hydroxyl groups is 1. The van der Waals surface area contributed by atoms with Crippen molar-refractivity contribution in [2.45, 2.75) is 70.3 Å². The lowest BCUT2D eigenvalue weighted by molar-refractivity contribution is -0.143. The van der Waals surface area contributed by atoms with Crippen molar-refractivity contribution < 1.29 is 34.2 Å². The normalized spacial score (nSPS) is 16.7. The largest absolute Gasteiger partial charge is 0.480 e. The molecule has 0 radical (unpaired) electrons. The van der Waals surface area contributed by atoms with E-state index in [4.69, 9.17) is 11.5 Å². The van der Waals surface area contributed by atoms with Crippen molar-refractivity contribution in [1.82, 2.24) is 16.0 Å². The SMILES string of the molecule is CCC(C)C(NC(=O)C(CS)NC(=O)C(CCC(N)=O)NC(=O)C(N)C(C)O)C(=O)O. The molecule has 31 heavy (non-hydrogen) atoms. The van der Waals surface area contributed by atoms with Crippen LogP contribution in [0.1, 0.15) is 40.0 Å². The van der Waals surface area contributed by atoms with Crippen LogP contribution in [0.25, 0.3) is 0 Å². The first-order valence-electron chi connectivity index (χ1n) is 9.82. The van der Waals surface area contributed by atoms with E-state index in [-0.39, 0.29) is 24.5 Å². The molecule has 6 atom stereocenters.